The molecule has 108 valence electrons. The van der Waals surface area contributed by atoms with Crippen molar-refractivity contribution in [3.8, 4) is 0 Å². The molecule has 0 radical (unpaired) electrons. The Bertz CT molecular complexity index is 356. The highest BCUT2D eigenvalue weighted by atomic mass is 35.5. The molecule has 1 nitrogen and oxygen atoms in total. The summed E-state index contributed by atoms with van der Waals surface area (Å²) in [6, 6.07) is 8.50. The molecule has 1 unspecified atom stereocenters. The summed E-state index contributed by atoms with van der Waals surface area (Å²) in [5, 5.41) is 4.44. The molecule has 0 heterocycles. The second kappa shape index (κ2) is 7.91. The zero-order chi connectivity index (χ0) is 14.3. The van der Waals surface area contributed by atoms with Crippen molar-refractivity contribution >= 4 is 11.6 Å². The Labute approximate surface area is 123 Å². The summed E-state index contributed by atoms with van der Waals surface area (Å²) in [4.78, 5) is 0. The number of hydrogen-bond donors (Lipinski definition) is 1. The molecular formula is C17H28ClN. The molecule has 19 heavy (non-hydrogen) atoms. The van der Waals surface area contributed by atoms with Gasteiger partial charge in [-0.2, -0.15) is 0 Å². The predicted molar refractivity (Wildman–Crippen MR) is 85.8 cm³/mol. The minimum Gasteiger partial charge on any atom is -0.310 e. The van der Waals surface area contributed by atoms with E-state index in [4.69, 9.17) is 11.6 Å². The molecule has 2 heteroatoms. The second-order valence-electron chi connectivity index (χ2n) is 6.28. The van der Waals surface area contributed by atoms with Crippen molar-refractivity contribution in [3.63, 3.8) is 0 Å². The molecule has 1 aromatic carbocycles. The van der Waals surface area contributed by atoms with E-state index in [1.807, 2.05) is 12.1 Å². The third-order valence-corrected chi connectivity index (χ3v) is 3.97. The van der Waals surface area contributed by atoms with E-state index in [0.29, 0.717) is 11.5 Å². The Morgan fingerprint density at radius 2 is 1.79 bits per heavy atom. The Balaban J connectivity index is 2.40. The largest absolute Gasteiger partial charge is 0.310 e. The van der Waals surface area contributed by atoms with Gasteiger partial charge in [0.05, 0.1) is 0 Å². The maximum absolute atomic E-state index is 5.92. The monoisotopic (exact) mass is 281 g/mol. The minimum atomic E-state index is 0.371. The van der Waals surface area contributed by atoms with Crippen LogP contribution in [0.3, 0.4) is 0 Å². The van der Waals surface area contributed by atoms with Gasteiger partial charge in [0, 0.05) is 17.6 Å². The minimum absolute atomic E-state index is 0.371. The number of nitrogens with one attached hydrogen (secondary N) is 1. The average molecular weight is 282 g/mol. The first-order chi connectivity index (χ1) is 8.94. The summed E-state index contributed by atoms with van der Waals surface area (Å²) in [5.74, 6) is 0. The molecule has 0 aromatic heterocycles. The van der Waals surface area contributed by atoms with Gasteiger partial charge in [-0.15, -0.1) is 0 Å². The van der Waals surface area contributed by atoms with Crippen molar-refractivity contribution in [2.45, 2.75) is 59.4 Å². The summed E-state index contributed by atoms with van der Waals surface area (Å²) < 4.78 is 0. The molecule has 0 aliphatic carbocycles. The first-order valence-electron chi connectivity index (χ1n) is 7.43. The highest BCUT2D eigenvalue weighted by molar-refractivity contribution is 6.30. The second-order valence-corrected chi connectivity index (χ2v) is 6.71. The van der Waals surface area contributed by atoms with Crippen LogP contribution in [0.2, 0.25) is 5.02 Å². The fourth-order valence-corrected chi connectivity index (χ4v) is 2.37. The summed E-state index contributed by atoms with van der Waals surface area (Å²) in [6.07, 6.45) is 5.27. The molecule has 0 fully saturated rings. The Morgan fingerprint density at radius 1 is 1.16 bits per heavy atom. The zero-order valence-electron chi connectivity index (χ0n) is 12.8. The molecule has 1 aromatic rings. The quantitative estimate of drug-likeness (QED) is 0.612. The lowest BCUT2D eigenvalue weighted by molar-refractivity contribution is 0.291. The number of rotatable bonds is 8. The topological polar surface area (TPSA) is 12.0 Å². The Hall–Kier alpha value is -0.530. The first kappa shape index (κ1) is 16.5. The zero-order valence-corrected chi connectivity index (χ0v) is 13.6. The molecule has 0 aliphatic heterocycles. The van der Waals surface area contributed by atoms with Gasteiger partial charge in [0.15, 0.2) is 0 Å². The van der Waals surface area contributed by atoms with Crippen LogP contribution in [0.25, 0.3) is 0 Å². The van der Waals surface area contributed by atoms with Crippen LogP contribution >= 0.6 is 11.6 Å². The number of unbranched alkanes of at least 4 members (excludes halogenated alkanes) is 2. The lowest BCUT2D eigenvalue weighted by Gasteiger charge is -2.27. The van der Waals surface area contributed by atoms with Gasteiger partial charge < -0.3 is 5.32 Å². The van der Waals surface area contributed by atoms with Crippen LogP contribution in [0.5, 0.6) is 0 Å². The van der Waals surface area contributed by atoms with E-state index in [2.05, 4.69) is 45.1 Å². The predicted octanol–water partition coefficient (Wildman–Crippen LogP) is 5.60. The summed E-state index contributed by atoms with van der Waals surface area (Å²) in [7, 11) is 0. The maximum Gasteiger partial charge on any atom is 0.0406 e. The molecule has 0 saturated heterocycles. The van der Waals surface area contributed by atoms with Crippen LogP contribution in [-0.2, 0) is 0 Å². The van der Waals surface area contributed by atoms with Crippen LogP contribution in [0, 0.1) is 5.41 Å². The molecule has 1 rings (SSSR count). The van der Waals surface area contributed by atoms with Gasteiger partial charge in [-0.25, -0.2) is 0 Å². The Kier molecular flexibility index (Phi) is 6.88. The van der Waals surface area contributed by atoms with Gasteiger partial charge in [0.25, 0.3) is 0 Å². The van der Waals surface area contributed by atoms with Crippen LogP contribution in [0.15, 0.2) is 24.3 Å². The number of benzene rings is 1. The normalized spacial score (nSPS) is 13.5. The van der Waals surface area contributed by atoms with E-state index in [-0.39, 0.29) is 0 Å². The van der Waals surface area contributed by atoms with Crippen LogP contribution in [0.1, 0.15) is 65.0 Å². The van der Waals surface area contributed by atoms with Crippen molar-refractivity contribution in [2.75, 3.05) is 6.54 Å². The van der Waals surface area contributed by atoms with Gasteiger partial charge >= 0.3 is 0 Å². The number of hydrogen-bond acceptors (Lipinski definition) is 1. The van der Waals surface area contributed by atoms with E-state index >= 15 is 0 Å². The molecule has 0 spiro atoms. The first-order valence-corrected chi connectivity index (χ1v) is 7.81. The average Bonchev–Trinajstić information content (AvgIpc) is 2.37. The summed E-state index contributed by atoms with van der Waals surface area (Å²) >= 11 is 5.92. The van der Waals surface area contributed by atoms with E-state index in [0.717, 1.165) is 11.6 Å². The van der Waals surface area contributed by atoms with E-state index in [1.54, 1.807) is 0 Å². The van der Waals surface area contributed by atoms with E-state index in [9.17, 15) is 0 Å². The van der Waals surface area contributed by atoms with Crippen LogP contribution in [0.4, 0.5) is 0 Å². The van der Waals surface area contributed by atoms with Gasteiger partial charge in [0.2, 0.25) is 0 Å². The SMILES string of the molecule is CCCCCC(C)(C)CNC(C)c1ccc(Cl)cc1. The van der Waals surface area contributed by atoms with Crippen LogP contribution in [-0.4, -0.2) is 6.54 Å². The molecule has 0 saturated carbocycles. The van der Waals surface area contributed by atoms with Crippen molar-refractivity contribution < 1.29 is 0 Å². The third kappa shape index (κ3) is 6.44. The van der Waals surface area contributed by atoms with Crippen molar-refractivity contribution in [1.82, 2.24) is 5.32 Å². The van der Waals surface area contributed by atoms with Gasteiger partial charge in [0.1, 0.15) is 0 Å². The van der Waals surface area contributed by atoms with Gasteiger partial charge in [-0.05, 0) is 36.5 Å². The molecule has 0 amide bonds. The molecule has 1 atom stereocenters. The molecule has 0 aliphatic rings. The lowest BCUT2D eigenvalue weighted by Crippen LogP contribution is -2.31. The number of halogens is 1. The van der Waals surface area contributed by atoms with Gasteiger partial charge in [-0.3, -0.25) is 0 Å². The Morgan fingerprint density at radius 3 is 2.37 bits per heavy atom. The molecule has 0 bridgehead atoms. The lowest BCUT2D eigenvalue weighted by atomic mass is 9.86. The highest BCUT2D eigenvalue weighted by Crippen LogP contribution is 2.24. The summed E-state index contributed by atoms with van der Waals surface area (Å²) in [5.41, 5.74) is 1.67. The summed E-state index contributed by atoms with van der Waals surface area (Å²) in [6.45, 7) is 10.2. The third-order valence-electron chi connectivity index (χ3n) is 3.71. The van der Waals surface area contributed by atoms with Crippen LogP contribution < -0.4 is 5.32 Å². The standard InChI is InChI=1S/C17H28ClN/c1-5-6-7-12-17(3,4)13-19-14(2)15-8-10-16(18)11-9-15/h8-11,14,19H,5-7,12-13H2,1-4H3. The van der Waals surface area contributed by atoms with E-state index < -0.39 is 0 Å². The van der Waals surface area contributed by atoms with Crippen molar-refractivity contribution in [2.24, 2.45) is 5.41 Å². The van der Waals surface area contributed by atoms with Gasteiger partial charge in [-0.1, -0.05) is 63.8 Å². The fourth-order valence-electron chi connectivity index (χ4n) is 2.24. The van der Waals surface area contributed by atoms with E-state index in [1.165, 1.54) is 31.2 Å². The smallest absolute Gasteiger partial charge is 0.0406 e. The van der Waals surface area contributed by atoms with Crippen molar-refractivity contribution in [1.29, 1.82) is 0 Å². The fraction of sp³-hybridized carbons (Fsp3) is 0.647. The van der Waals surface area contributed by atoms with Crippen molar-refractivity contribution in [3.05, 3.63) is 34.9 Å². The highest BCUT2D eigenvalue weighted by Gasteiger charge is 2.18. The maximum atomic E-state index is 5.92. The molecule has 1 N–H and O–H groups in total. The molecular weight excluding hydrogens is 254 g/mol.